The Bertz CT molecular complexity index is 343. The lowest BCUT2D eigenvalue weighted by atomic mass is 9.94. The molecule has 1 heterocycles. The van der Waals surface area contributed by atoms with E-state index in [1.54, 1.807) is 0 Å². The van der Waals surface area contributed by atoms with Gasteiger partial charge in [-0.1, -0.05) is 19.3 Å². The Kier molecular flexibility index (Phi) is 4.93. The fourth-order valence-electron chi connectivity index (χ4n) is 2.68. The smallest absolute Gasteiger partial charge is 0.151 e. The molecule has 1 fully saturated rings. The van der Waals surface area contributed by atoms with Gasteiger partial charge in [-0.05, 0) is 44.9 Å². The first kappa shape index (κ1) is 13.3. The van der Waals surface area contributed by atoms with Gasteiger partial charge in [0.05, 0.1) is 5.69 Å². The highest BCUT2D eigenvalue weighted by Crippen LogP contribution is 2.26. The molecular formula is C14H24N4. The lowest BCUT2D eigenvalue weighted by molar-refractivity contribution is 0.410. The zero-order valence-electron chi connectivity index (χ0n) is 11.3. The molecule has 1 aromatic heterocycles. The van der Waals surface area contributed by atoms with Crippen LogP contribution in [0.5, 0.6) is 0 Å². The fourth-order valence-corrected chi connectivity index (χ4v) is 2.68. The van der Waals surface area contributed by atoms with E-state index in [9.17, 15) is 0 Å². The van der Waals surface area contributed by atoms with Crippen molar-refractivity contribution in [3.05, 3.63) is 17.8 Å². The third kappa shape index (κ3) is 3.42. The molecule has 1 aromatic rings. The number of rotatable bonds is 5. The van der Waals surface area contributed by atoms with Gasteiger partial charge in [0.1, 0.15) is 0 Å². The second-order valence-electron chi connectivity index (χ2n) is 5.16. The molecule has 0 atom stereocenters. The lowest BCUT2D eigenvalue weighted by Gasteiger charge is -2.35. The van der Waals surface area contributed by atoms with E-state index in [0.29, 0.717) is 6.04 Å². The maximum atomic E-state index is 5.65. The zero-order chi connectivity index (χ0) is 12.8. The Morgan fingerprint density at radius 3 is 2.61 bits per heavy atom. The first-order valence-electron chi connectivity index (χ1n) is 7.08. The molecule has 1 aliphatic carbocycles. The third-order valence-corrected chi connectivity index (χ3v) is 3.70. The van der Waals surface area contributed by atoms with Crippen LogP contribution in [-0.2, 0) is 0 Å². The van der Waals surface area contributed by atoms with E-state index in [1.165, 1.54) is 32.1 Å². The van der Waals surface area contributed by atoms with E-state index in [1.807, 2.05) is 13.0 Å². The number of anilines is 1. The number of hydrogen-bond acceptors (Lipinski definition) is 4. The Labute approximate surface area is 110 Å². The monoisotopic (exact) mass is 248 g/mol. The molecule has 4 heteroatoms. The molecule has 0 saturated heterocycles. The van der Waals surface area contributed by atoms with Crippen LogP contribution in [0.1, 0.15) is 44.2 Å². The van der Waals surface area contributed by atoms with Crippen molar-refractivity contribution in [1.29, 1.82) is 0 Å². The molecular weight excluding hydrogens is 224 g/mol. The summed E-state index contributed by atoms with van der Waals surface area (Å²) in [5.74, 6) is 1.01. The molecule has 4 nitrogen and oxygen atoms in total. The quantitative estimate of drug-likeness (QED) is 0.868. The highest BCUT2D eigenvalue weighted by atomic mass is 15.3. The fraction of sp³-hybridized carbons (Fsp3) is 0.714. The molecule has 18 heavy (non-hydrogen) atoms. The number of nitrogens with two attached hydrogens (primary N) is 1. The summed E-state index contributed by atoms with van der Waals surface area (Å²) in [6.45, 7) is 3.71. The number of aromatic nitrogens is 2. The standard InChI is InChI=1S/C14H24N4/c1-12-8-9-14(17-16-12)18(11-5-10-15)13-6-3-2-4-7-13/h8-9,13H,2-7,10-11,15H2,1H3. The molecule has 0 unspecified atom stereocenters. The van der Waals surface area contributed by atoms with Crippen LogP contribution < -0.4 is 10.6 Å². The number of nitrogens with zero attached hydrogens (tertiary/aromatic N) is 3. The van der Waals surface area contributed by atoms with E-state index in [2.05, 4.69) is 21.2 Å². The SMILES string of the molecule is Cc1ccc(N(CCCN)C2CCCCC2)nn1. The Hall–Kier alpha value is -1.16. The minimum absolute atomic E-state index is 0.627. The molecule has 2 N–H and O–H groups in total. The Balaban J connectivity index is 2.10. The summed E-state index contributed by atoms with van der Waals surface area (Å²) in [7, 11) is 0. The molecule has 0 aliphatic heterocycles. The van der Waals surface area contributed by atoms with Crippen molar-refractivity contribution < 1.29 is 0 Å². The van der Waals surface area contributed by atoms with Crippen molar-refractivity contribution in [1.82, 2.24) is 10.2 Å². The van der Waals surface area contributed by atoms with E-state index >= 15 is 0 Å². The third-order valence-electron chi connectivity index (χ3n) is 3.70. The predicted molar refractivity (Wildman–Crippen MR) is 74.7 cm³/mol. The summed E-state index contributed by atoms with van der Waals surface area (Å²) in [5, 5.41) is 8.52. The van der Waals surface area contributed by atoms with Gasteiger partial charge in [0.15, 0.2) is 5.82 Å². The van der Waals surface area contributed by atoms with Gasteiger partial charge in [0, 0.05) is 12.6 Å². The van der Waals surface area contributed by atoms with E-state index in [-0.39, 0.29) is 0 Å². The van der Waals surface area contributed by atoms with Crippen LogP contribution in [0.25, 0.3) is 0 Å². The maximum Gasteiger partial charge on any atom is 0.151 e. The van der Waals surface area contributed by atoms with E-state index < -0.39 is 0 Å². The van der Waals surface area contributed by atoms with Crippen LogP contribution >= 0.6 is 0 Å². The predicted octanol–water partition coefficient (Wildman–Crippen LogP) is 2.27. The van der Waals surface area contributed by atoms with E-state index in [4.69, 9.17) is 5.73 Å². The molecule has 1 aliphatic rings. The average Bonchev–Trinajstić information content (AvgIpc) is 2.42. The van der Waals surface area contributed by atoms with Gasteiger partial charge in [-0.2, -0.15) is 5.10 Å². The Morgan fingerprint density at radius 1 is 1.22 bits per heavy atom. The Morgan fingerprint density at radius 2 is 2.00 bits per heavy atom. The summed E-state index contributed by atoms with van der Waals surface area (Å²) in [4.78, 5) is 2.42. The summed E-state index contributed by atoms with van der Waals surface area (Å²) in [6, 6.07) is 4.76. The van der Waals surface area contributed by atoms with Crippen LogP contribution in [0.15, 0.2) is 12.1 Å². The summed E-state index contributed by atoms with van der Waals surface area (Å²) in [6.07, 6.45) is 7.62. The zero-order valence-corrected chi connectivity index (χ0v) is 11.3. The van der Waals surface area contributed by atoms with Crippen LogP contribution in [0, 0.1) is 6.92 Å². The minimum Gasteiger partial charge on any atom is -0.352 e. The van der Waals surface area contributed by atoms with Crippen LogP contribution in [-0.4, -0.2) is 29.3 Å². The highest BCUT2D eigenvalue weighted by Gasteiger charge is 2.22. The molecule has 100 valence electrons. The van der Waals surface area contributed by atoms with Crippen LogP contribution in [0.3, 0.4) is 0 Å². The molecule has 2 rings (SSSR count). The maximum absolute atomic E-state index is 5.65. The van der Waals surface area contributed by atoms with Gasteiger partial charge in [-0.15, -0.1) is 5.10 Å². The van der Waals surface area contributed by atoms with Crippen molar-refractivity contribution in [3.8, 4) is 0 Å². The normalized spacial score (nSPS) is 16.8. The first-order valence-corrected chi connectivity index (χ1v) is 7.08. The van der Waals surface area contributed by atoms with Gasteiger partial charge >= 0.3 is 0 Å². The van der Waals surface area contributed by atoms with Crippen molar-refractivity contribution >= 4 is 5.82 Å². The van der Waals surface area contributed by atoms with Gasteiger partial charge in [-0.3, -0.25) is 0 Å². The van der Waals surface area contributed by atoms with Crippen molar-refractivity contribution in [2.45, 2.75) is 51.5 Å². The summed E-state index contributed by atoms with van der Waals surface area (Å²) in [5.41, 5.74) is 6.62. The largest absolute Gasteiger partial charge is 0.352 e. The molecule has 0 aromatic carbocycles. The van der Waals surface area contributed by atoms with Crippen LogP contribution in [0.2, 0.25) is 0 Å². The number of aryl methyl sites for hydroxylation is 1. The molecule has 0 radical (unpaired) electrons. The second kappa shape index (κ2) is 6.69. The molecule has 0 bridgehead atoms. The lowest BCUT2D eigenvalue weighted by Crippen LogP contribution is -2.39. The molecule has 0 spiro atoms. The van der Waals surface area contributed by atoms with Gasteiger partial charge in [0.2, 0.25) is 0 Å². The van der Waals surface area contributed by atoms with Crippen molar-refractivity contribution in [2.24, 2.45) is 5.73 Å². The van der Waals surface area contributed by atoms with E-state index in [0.717, 1.165) is 31.0 Å². The highest BCUT2D eigenvalue weighted by molar-refractivity contribution is 5.38. The molecule has 1 saturated carbocycles. The van der Waals surface area contributed by atoms with Gasteiger partial charge in [0.25, 0.3) is 0 Å². The topological polar surface area (TPSA) is 55.0 Å². The summed E-state index contributed by atoms with van der Waals surface area (Å²) < 4.78 is 0. The van der Waals surface area contributed by atoms with Gasteiger partial charge in [-0.25, -0.2) is 0 Å². The van der Waals surface area contributed by atoms with Crippen molar-refractivity contribution in [2.75, 3.05) is 18.0 Å². The van der Waals surface area contributed by atoms with Crippen LogP contribution in [0.4, 0.5) is 5.82 Å². The summed E-state index contributed by atoms with van der Waals surface area (Å²) >= 11 is 0. The minimum atomic E-state index is 0.627. The first-order chi connectivity index (χ1) is 8.81. The average molecular weight is 248 g/mol. The van der Waals surface area contributed by atoms with Gasteiger partial charge < -0.3 is 10.6 Å². The van der Waals surface area contributed by atoms with Crippen molar-refractivity contribution in [3.63, 3.8) is 0 Å². The second-order valence-corrected chi connectivity index (χ2v) is 5.16. The molecule has 0 amide bonds. The number of hydrogen-bond donors (Lipinski definition) is 1.